The molecule has 13 heteroatoms. The fourth-order valence-electron chi connectivity index (χ4n) is 4.54. The molecule has 1 aliphatic rings. The summed E-state index contributed by atoms with van der Waals surface area (Å²) in [4.78, 5) is 67.3. The molecule has 1 N–H and O–H groups in total. The first-order valence-corrected chi connectivity index (χ1v) is 15.6. The summed E-state index contributed by atoms with van der Waals surface area (Å²) in [6.07, 6.45) is 2.17. The highest BCUT2D eigenvalue weighted by molar-refractivity contribution is 7.10. The second-order valence-corrected chi connectivity index (χ2v) is 12.5. The third kappa shape index (κ3) is 13.7. The monoisotopic (exact) mass is 654 g/mol. The van der Waals surface area contributed by atoms with E-state index < -0.39 is 28.3 Å². The van der Waals surface area contributed by atoms with Crippen molar-refractivity contribution in [3.8, 4) is 0 Å². The van der Waals surface area contributed by atoms with Crippen LogP contribution in [0.4, 0.5) is 0 Å². The van der Waals surface area contributed by atoms with Crippen molar-refractivity contribution in [2.75, 3.05) is 0 Å². The van der Waals surface area contributed by atoms with Gasteiger partial charge in [-0.2, -0.15) is 0 Å². The van der Waals surface area contributed by atoms with Crippen LogP contribution in [0.15, 0.2) is 0 Å². The van der Waals surface area contributed by atoms with Crippen molar-refractivity contribution in [3.63, 3.8) is 0 Å². The zero-order valence-corrected chi connectivity index (χ0v) is 30.2. The van der Waals surface area contributed by atoms with Gasteiger partial charge in [-0.25, -0.2) is 0 Å². The van der Waals surface area contributed by atoms with Gasteiger partial charge in [0.05, 0.1) is 41.0 Å². The number of Topliss-reactive ketones (excluding diaryl/α,β-unsaturated/α-hetero) is 5. The number of aliphatic carboxylic acids is 1. The van der Waals surface area contributed by atoms with E-state index in [-0.39, 0.29) is 60.4 Å². The van der Waals surface area contributed by atoms with Crippen LogP contribution < -0.4 is 0 Å². The van der Waals surface area contributed by atoms with Gasteiger partial charge < -0.3 is 18.7 Å². The van der Waals surface area contributed by atoms with Gasteiger partial charge in [-0.15, -0.1) is 0 Å². The van der Waals surface area contributed by atoms with Crippen LogP contribution in [0, 0.1) is 16.2 Å². The molecule has 0 radical (unpaired) electrons. The highest BCUT2D eigenvalue weighted by atomic mass is 31.0. The molecule has 42 heavy (non-hydrogen) atoms. The zero-order valence-electron chi connectivity index (χ0n) is 26.7. The summed E-state index contributed by atoms with van der Waals surface area (Å²) < 4.78 is 15.3. The lowest BCUT2D eigenvalue weighted by atomic mass is 9.79. The van der Waals surface area contributed by atoms with Gasteiger partial charge >= 0.3 is 5.97 Å². The van der Waals surface area contributed by atoms with Gasteiger partial charge in [-0.3, -0.25) is 28.8 Å². The van der Waals surface area contributed by atoms with Crippen LogP contribution in [-0.4, -0.2) is 58.3 Å². The van der Waals surface area contributed by atoms with Crippen molar-refractivity contribution < 1.29 is 47.4 Å². The lowest BCUT2D eigenvalue weighted by Gasteiger charge is -2.30. The average molecular weight is 655 g/mol. The standard InChI is InChI=1S/2C10H19O3P.C9H15O4P/c2*1-5-8(12)10(3,4)9(13-14)6-7(2)11;1-2-6(10)9(3-4-9)7(13-14)5-8(11)12/h2*9H,5-6,14H2,1-4H3;7H,2-5,14H2,1H3,(H,11,12). The summed E-state index contributed by atoms with van der Waals surface area (Å²) in [6, 6.07) is 0. The first-order chi connectivity index (χ1) is 19.3. The molecule has 0 saturated heterocycles. The lowest BCUT2D eigenvalue weighted by molar-refractivity contribution is -0.141. The summed E-state index contributed by atoms with van der Waals surface area (Å²) in [6.45, 7) is 15.7. The molecule has 0 bridgehead atoms. The molecule has 244 valence electrons. The molecule has 0 aromatic carbocycles. The van der Waals surface area contributed by atoms with Crippen LogP contribution in [0.3, 0.4) is 0 Å². The summed E-state index contributed by atoms with van der Waals surface area (Å²) in [5, 5.41) is 8.66. The number of carbonyl (C=O) groups excluding carboxylic acids is 5. The first-order valence-electron chi connectivity index (χ1n) is 14.2. The molecule has 0 aliphatic heterocycles. The van der Waals surface area contributed by atoms with Crippen molar-refractivity contribution in [1.29, 1.82) is 0 Å². The average Bonchev–Trinajstić information content (AvgIpc) is 3.73. The Balaban J connectivity index is 0. The molecule has 6 unspecified atom stereocenters. The second-order valence-electron chi connectivity index (χ2n) is 11.7. The van der Waals surface area contributed by atoms with Crippen LogP contribution in [0.1, 0.15) is 114 Å². The number of ketones is 5. The zero-order chi connectivity index (χ0) is 33.5. The van der Waals surface area contributed by atoms with Crippen LogP contribution in [0.25, 0.3) is 0 Å². The number of carboxylic acids is 1. The molecule has 1 rings (SSSR count). The van der Waals surface area contributed by atoms with Crippen LogP contribution in [-0.2, 0) is 42.3 Å². The van der Waals surface area contributed by atoms with E-state index in [1.165, 1.54) is 13.8 Å². The molecule has 10 nitrogen and oxygen atoms in total. The van der Waals surface area contributed by atoms with Crippen molar-refractivity contribution in [3.05, 3.63) is 0 Å². The molecule has 0 aromatic rings. The minimum absolute atomic E-state index is 0.0365. The van der Waals surface area contributed by atoms with Crippen LogP contribution in [0.2, 0.25) is 0 Å². The Morgan fingerprint density at radius 3 is 1.24 bits per heavy atom. The van der Waals surface area contributed by atoms with E-state index in [1.807, 2.05) is 41.5 Å². The van der Waals surface area contributed by atoms with E-state index in [1.54, 1.807) is 6.92 Å². The fourth-order valence-corrected chi connectivity index (χ4v) is 5.77. The predicted octanol–water partition coefficient (Wildman–Crippen LogP) is 5.69. The molecular formula is C29H53O10P3. The normalized spacial score (nSPS) is 15.9. The molecule has 0 heterocycles. The Labute approximate surface area is 258 Å². The van der Waals surface area contributed by atoms with Crippen molar-refractivity contribution in [1.82, 2.24) is 0 Å². The summed E-state index contributed by atoms with van der Waals surface area (Å²) in [7, 11) is 6.33. The predicted molar refractivity (Wildman–Crippen MR) is 172 cm³/mol. The topological polar surface area (TPSA) is 150 Å². The van der Waals surface area contributed by atoms with Crippen molar-refractivity contribution in [2.45, 2.75) is 132 Å². The summed E-state index contributed by atoms with van der Waals surface area (Å²) >= 11 is 0. The number of carboxylic acid groups (broad SMARTS) is 1. The maximum Gasteiger partial charge on any atom is 0.306 e. The number of hydrogen-bond donors (Lipinski definition) is 1. The number of carbonyl (C=O) groups is 6. The van der Waals surface area contributed by atoms with Crippen molar-refractivity contribution in [2.24, 2.45) is 16.2 Å². The van der Waals surface area contributed by atoms with Crippen LogP contribution >= 0.6 is 28.4 Å². The van der Waals surface area contributed by atoms with E-state index in [0.29, 0.717) is 19.3 Å². The van der Waals surface area contributed by atoms with Gasteiger partial charge in [-0.05, 0) is 26.7 Å². The van der Waals surface area contributed by atoms with E-state index >= 15 is 0 Å². The highest BCUT2D eigenvalue weighted by Crippen LogP contribution is 2.52. The van der Waals surface area contributed by atoms with Crippen molar-refractivity contribution >= 4 is 63.3 Å². The van der Waals surface area contributed by atoms with Gasteiger partial charge in [0.1, 0.15) is 28.9 Å². The number of hydrogen-bond acceptors (Lipinski definition) is 9. The molecule has 1 fully saturated rings. The molecular weight excluding hydrogens is 601 g/mol. The maximum absolute atomic E-state index is 11.6. The third-order valence-corrected chi connectivity index (χ3v) is 8.75. The Morgan fingerprint density at radius 1 is 0.690 bits per heavy atom. The van der Waals surface area contributed by atoms with Gasteiger partial charge in [0.2, 0.25) is 0 Å². The van der Waals surface area contributed by atoms with Gasteiger partial charge in [0.15, 0.2) is 0 Å². The Hall–Kier alpha value is -1.01. The summed E-state index contributed by atoms with van der Waals surface area (Å²) in [5.74, 6) is -0.500. The van der Waals surface area contributed by atoms with E-state index in [9.17, 15) is 28.8 Å². The highest BCUT2D eigenvalue weighted by Gasteiger charge is 2.55. The molecule has 0 spiro atoms. The molecule has 6 atom stereocenters. The summed E-state index contributed by atoms with van der Waals surface area (Å²) in [5.41, 5.74) is -1.70. The third-order valence-electron chi connectivity index (χ3n) is 7.77. The first kappa shape index (κ1) is 43.1. The van der Waals surface area contributed by atoms with E-state index in [2.05, 4.69) is 28.4 Å². The SMILES string of the molecule is CCC(=O)C(C)(C)C(CC(C)=O)OP.CCC(=O)C(C)(C)C(CC(C)=O)OP.CCC(=O)C1(C(CC(=O)O)OP)CC1. The smallest absolute Gasteiger partial charge is 0.306 e. The molecule has 0 aromatic heterocycles. The Morgan fingerprint density at radius 2 is 1.05 bits per heavy atom. The molecule has 0 amide bonds. The minimum Gasteiger partial charge on any atom is -0.481 e. The second kappa shape index (κ2) is 20.1. The van der Waals surface area contributed by atoms with Gasteiger partial charge in [0, 0.05) is 60.5 Å². The largest absolute Gasteiger partial charge is 0.481 e. The Kier molecular flexibility index (Phi) is 20.6. The maximum atomic E-state index is 11.6. The van der Waals surface area contributed by atoms with Crippen LogP contribution in [0.5, 0.6) is 0 Å². The van der Waals surface area contributed by atoms with Gasteiger partial charge in [0.25, 0.3) is 0 Å². The van der Waals surface area contributed by atoms with Gasteiger partial charge in [-0.1, -0.05) is 48.5 Å². The lowest BCUT2D eigenvalue weighted by Crippen LogP contribution is -2.38. The van der Waals surface area contributed by atoms with E-state index in [4.69, 9.17) is 18.7 Å². The number of rotatable bonds is 18. The molecule has 1 saturated carbocycles. The molecule has 1 aliphatic carbocycles. The minimum atomic E-state index is -0.923. The fraction of sp³-hybridized carbons (Fsp3) is 0.793. The quantitative estimate of drug-likeness (QED) is 0.183. The Bertz CT molecular complexity index is 828. The van der Waals surface area contributed by atoms with E-state index in [0.717, 1.165) is 12.8 Å².